The zero-order valence-electron chi connectivity index (χ0n) is 16.2. The Morgan fingerprint density at radius 1 is 0.903 bits per heavy atom. The molecule has 31 heavy (non-hydrogen) atoms. The summed E-state index contributed by atoms with van der Waals surface area (Å²) in [4.78, 5) is 17.0. The monoisotopic (exact) mass is 417 g/mol. The number of rotatable bonds is 4. The van der Waals surface area contributed by atoms with Gasteiger partial charge < -0.3 is 19.3 Å². The molecule has 1 amide bonds. The van der Waals surface area contributed by atoms with E-state index in [1.165, 1.54) is 12.1 Å². The van der Waals surface area contributed by atoms with Gasteiger partial charge in [0.1, 0.15) is 19.0 Å². The second kappa shape index (κ2) is 7.91. The summed E-state index contributed by atoms with van der Waals surface area (Å²) in [5.41, 5.74) is 2.14. The number of benzene rings is 3. The summed E-state index contributed by atoms with van der Waals surface area (Å²) < 4.78 is 29.7. The van der Waals surface area contributed by atoms with Crippen LogP contribution in [-0.4, -0.2) is 29.3 Å². The number of hydrogen-bond donors (Lipinski definition) is 1. The second-order valence-corrected chi connectivity index (χ2v) is 6.83. The number of fused-ring (bicyclic) bond motifs is 1. The predicted molar refractivity (Wildman–Crippen MR) is 111 cm³/mol. The molecule has 1 aromatic heterocycles. The van der Waals surface area contributed by atoms with Gasteiger partial charge in [-0.15, -0.1) is 0 Å². The lowest BCUT2D eigenvalue weighted by atomic mass is 10.1. The first-order valence-electron chi connectivity index (χ1n) is 9.57. The molecule has 0 fully saturated rings. The fraction of sp³-hybridized carbons (Fsp3) is 0.0870. The number of halogens is 1. The van der Waals surface area contributed by atoms with Crippen LogP contribution in [0.3, 0.4) is 0 Å². The summed E-state index contributed by atoms with van der Waals surface area (Å²) in [6, 6.07) is 18.0. The van der Waals surface area contributed by atoms with Crippen LogP contribution in [0.1, 0.15) is 10.4 Å². The predicted octanol–water partition coefficient (Wildman–Crippen LogP) is 4.57. The Morgan fingerprint density at radius 2 is 1.71 bits per heavy atom. The molecule has 0 atom stereocenters. The van der Waals surface area contributed by atoms with Crippen molar-refractivity contribution in [2.75, 3.05) is 18.5 Å². The molecule has 1 aliphatic rings. The molecule has 0 saturated carbocycles. The molecule has 3 aromatic carbocycles. The van der Waals surface area contributed by atoms with Gasteiger partial charge in [0.25, 0.3) is 11.8 Å². The highest BCUT2D eigenvalue weighted by molar-refractivity contribution is 6.04. The molecule has 0 aliphatic carbocycles. The van der Waals surface area contributed by atoms with Crippen molar-refractivity contribution in [3.8, 4) is 34.3 Å². The van der Waals surface area contributed by atoms with E-state index in [1.54, 1.807) is 54.6 Å². The molecule has 0 unspecified atom stereocenters. The Hall–Kier alpha value is -4.20. The standard InChI is InChI=1S/C23H16FN3O4/c24-17-5-1-4-16(11-17)23-26-21(27-31-23)14-3-2-6-18(12-14)25-22(28)15-7-8-19-20(13-15)30-10-9-29-19/h1-8,11-13H,9-10H2,(H,25,28). The Balaban J connectivity index is 1.35. The van der Waals surface area contributed by atoms with Crippen molar-refractivity contribution in [2.45, 2.75) is 0 Å². The average molecular weight is 417 g/mol. The van der Waals surface area contributed by atoms with Crippen LogP contribution >= 0.6 is 0 Å². The van der Waals surface area contributed by atoms with Crippen LogP contribution < -0.4 is 14.8 Å². The van der Waals surface area contributed by atoms with Gasteiger partial charge in [0.15, 0.2) is 11.5 Å². The number of amides is 1. The van der Waals surface area contributed by atoms with Gasteiger partial charge in [-0.3, -0.25) is 4.79 Å². The smallest absolute Gasteiger partial charge is 0.258 e. The van der Waals surface area contributed by atoms with Crippen LogP contribution in [0.25, 0.3) is 22.8 Å². The van der Waals surface area contributed by atoms with Crippen LogP contribution in [0.4, 0.5) is 10.1 Å². The summed E-state index contributed by atoms with van der Waals surface area (Å²) in [6.45, 7) is 0.935. The molecule has 8 heteroatoms. The maximum Gasteiger partial charge on any atom is 0.258 e. The van der Waals surface area contributed by atoms with E-state index in [4.69, 9.17) is 14.0 Å². The van der Waals surface area contributed by atoms with Gasteiger partial charge in [-0.05, 0) is 48.5 Å². The van der Waals surface area contributed by atoms with E-state index in [-0.39, 0.29) is 17.6 Å². The minimum Gasteiger partial charge on any atom is -0.486 e. The maximum absolute atomic E-state index is 13.4. The molecule has 5 rings (SSSR count). The third-order valence-corrected chi connectivity index (χ3v) is 4.68. The molecule has 0 bridgehead atoms. The molecule has 1 N–H and O–H groups in total. The molecule has 0 spiro atoms. The van der Waals surface area contributed by atoms with Crippen molar-refractivity contribution < 1.29 is 23.2 Å². The first kappa shape index (κ1) is 18.8. The Kier molecular flexibility index (Phi) is 4.80. The third kappa shape index (κ3) is 3.95. The summed E-state index contributed by atoms with van der Waals surface area (Å²) in [5.74, 6) is 1.03. The highest BCUT2D eigenvalue weighted by Crippen LogP contribution is 2.31. The lowest BCUT2D eigenvalue weighted by Gasteiger charge is -2.18. The molecule has 0 radical (unpaired) electrons. The van der Waals surface area contributed by atoms with Gasteiger partial charge >= 0.3 is 0 Å². The number of nitrogens with zero attached hydrogens (tertiary/aromatic N) is 2. The minimum absolute atomic E-state index is 0.209. The van der Waals surface area contributed by atoms with E-state index in [1.807, 2.05) is 0 Å². The van der Waals surface area contributed by atoms with Crippen molar-refractivity contribution in [3.05, 3.63) is 78.1 Å². The average Bonchev–Trinajstić information content (AvgIpc) is 3.29. The summed E-state index contributed by atoms with van der Waals surface area (Å²) in [7, 11) is 0. The summed E-state index contributed by atoms with van der Waals surface area (Å²) in [5, 5.41) is 6.82. The molecule has 154 valence electrons. The maximum atomic E-state index is 13.4. The fourth-order valence-electron chi connectivity index (χ4n) is 3.20. The van der Waals surface area contributed by atoms with E-state index >= 15 is 0 Å². The molecule has 4 aromatic rings. The number of aromatic nitrogens is 2. The van der Waals surface area contributed by atoms with Crippen LogP contribution in [0.2, 0.25) is 0 Å². The number of nitrogens with one attached hydrogen (secondary N) is 1. The summed E-state index contributed by atoms with van der Waals surface area (Å²) >= 11 is 0. The topological polar surface area (TPSA) is 86.5 Å². The SMILES string of the molecule is O=C(Nc1cccc(-c2noc(-c3cccc(F)c3)n2)c1)c1ccc2c(c1)OCCO2. The highest BCUT2D eigenvalue weighted by atomic mass is 19.1. The van der Waals surface area contributed by atoms with Crippen LogP contribution in [0.15, 0.2) is 71.3 Å². The number of ether oxygens (including phenoxy) is 2. The van der Waals surface area contributed by atoms with E-state index in [9.17, 15) is 9.18 Å². The van der Waals surface area contributed by atoms with E-state index < -0.39 is 0 Å². The second-order valence-electron chi connectivity index (χ2n) is 6.83. The summed E-state index contributed by atoms with van der Waals surface area (Å²) in [6.07, 6.45) is 0. The number of anilines is 1. The van der Waals surface area contributed by atoms with Crippen molar-refractivity contribution >= 4 is 11.6 Å². The molecular weight excluding hydrogens is 401 g/mol. The van der Waals surface area contributed by atoms with Gasteiger partial charge in [0.05, 0.1) is 0 Å². The van der Waals surface area contributed by atoms with Gasteiger partial charge in [0.2, 0.25) is 5.82 Å². The van der Waals surface area contributed by atoms with E-state index in [0.29, 0.717) is 52.9 Å². The number of carbonyl (C=O) groups excluding carboxylic acids is 1. The van der Waals surface area contributed by atoms with E-state index in [0.717, 1.165) is 0 Å². The van der Waals surface area contributed by atoms with Gasteiger partial charge in [-0.2, -0.15) is 4.98 Å². The highest BCUT2D eigenvalue weighted by Gasteiger charge is 2.16. The quantitative estimate of drug-likeness (QED) is 0.524. The largest absolute Gasteiger partial charge is 0.486 e. The van der Waals surface area contributed by atoms with Crippen molar-refractivity contribution in [1.82, 2.24) is 10.1 Å². The lowest BCUT2D eigenvalue weighted by Crippen LogP contribution is -2.17. The van der Waals surface area contributed by atoms with Gasteiger partial charge in [-0.25, -0.2) is 4.39 Å². The van der Waals surface area contributed by atoms with E-state index in [2.05, 4.69) is 15.5 Å². The molecular formula is C23H16FN3O4. The third-order valence-electron chi connectivity index (χ3n) is 4.68. The van der Waals surface area contributed by atoms with Gasteiger partial charge in [-0.1, -0.05) is 23.4 Å². The molecule has 7 nitrogen and oxygen atoms in total. The first-order chi connectivity index (χ1) is 15.2. The van der Waals surface area contributed by atoms with Crippen molar-refractivity contribution in [1.29, 1.82) is 0 Å². The Labute approximate surface area is 176 Å². The number of carbonyl (C=O) groups is 1. The normalized spacial score (nSPS) is 12.4. The molecule has 1 aliphatic heterocycles. The van der Waals surface area contributed by atoms with Crippen LogP contribution in [-0.2, 0) is 0 Å². The minimum atomic E-state index is -0.388. The Bertz CT molecular complexity index is 1270. The van der Waals surface area contributed by atoms with Crippen LogP contribution in [0.5, 0.6) is 11.5 Å². The van der Waals surface area contributed by atoms with Gasteiger partial charge in [0, 0.05) is 22.4 Å². The van der Waals surface area contributed by atoms with Crippen molar-refractivity contribution in [2.24, 2.45) is 0 Å². The number of hydrogen-bond acceptors (Lipinski definition) is 6. The zero-order valence-corrected chi connectivity index (χ0v) is 16.2. The fourth-order valence-corrected chi connectivity index (χ4v) is 3.20. The first-order valence-corrected chi connectivity index (χ1v) is 9.57. The van der Waals surface area contributed by atoms with Crippen LogP contribution in [0, 0.1) is 5.82 Å². The zero-order chi connectivity index (χ0) is 21.2. The molecule has 0 saturated heterocycles. The van der Waals surface area contributed by atoms with Crippen molar-refractivity contribution in [3.63, 3.8) is 0 Å². The molecule has 2 heterocycles. The Morgan fingerprint density at radius 3 is 2.58 bits per heavy atom. The lowest BCUT2D eigenvalue weighted by molar-refractivity contribution is 0.102.